The van der Waals surface area contributed by atoms with Crippen LogP contribution in [0.25, 0.3) is 22.6 Å². The molecule has 5 rings (SSSR count). The van der Waals surface area contributed by atoms with Crippen LogP contribution < -0.4 is 10.4 Å². The molecule has 8 heteroatoms. The van der Waals surface area contributed by atoms with Crippen molar-refractivity contribution in [1.82, 2.24) is 24.0 Å². The minimum absolute atomic E-state index is 0.313. The first-order valence-corrected chi connectivity index (χ1v) is 11.5. The highest BCUT2D eigenvalue weighted by molar-refractivity contribution is 5.88. The zero-order valence-corrected chi connectivity index (χ0v) is 19.3. The third-order valence-corrected chi connectivity index (χ3v) is 6.56. The number of rotatable bonds is 4. The number of hydrogen-bond donors (Lipinski definition) is 0. The van der Waals surface area contributed by atoms with Crippen molar-refractivity contribution < 1.29 is 9.53 Å². The zero-order chi connectivity index (χ0) is 23.7. The predicted octanol–water partition coefficient (Wildman–Crippen LogP) is 3.73. The van der Waals surface area contributed by atoms with E-state index in [1.54, 1.807) is 25.3 Å². The van der Waals surface area contributed by atoms with Gasteiger partial charge in [-0.2, -0.15) is 0 Å². The van der Waals surface area contributed by atoms with Crippen molar-refractivity contribution in [2.24, 2.45) is 13.0 Å². The van der Waals surface area contributed by atoms with E-state index in [4.69, 9.17) is 4.74 Å². The van der Waals surface area contributed by atoms with E-state index in [1.807, 2.05) is 30.3 Å². The molecule has 1 amide bonds. The Labute approximate surface area is 197 Å². The van der Waals surface area contributed by atoms with Crippen LogP contribution in [0.15, 0.2) is 65.6 Å². The van der Waals surface area contributed by atoms with Crippen LogP contribution in [0, 0.1) is 5.92 Å². The van der Waals surface area contributed by atoms with E-state index in [0.717, 1.165) is 24.8 Å². The summed E-state index contributed by atoms with van der Waals surface area (Å²) >= 11 is 0. The molecule has 3 heterocycles. The number of piperidine rings is 1. The van der Waals surface area contributed by atoms with E-state index in [-0.39, 0.29) is 6.03 Å². The van der Waals surface area contributed by atoms with E-state index in [0.29, 0.717) is 41.7 Å². The molecule has 2 aromatic carbocycles. The molecule has 0 atom stereocenters. The predicted molar refractivity (Wildman–Crippen MR) is 130 cm³/mol. The Bertz CT molecular complexity index is 1380. The molecule has 0 aliphatic carbocycles. The summed E-state index contributed by atoms with van der Waals surface area (Å²) in [5.74, 6) is 1.69. The van der Waals surface area contributed by atoms with Crippen LogP contribution in [0.2, 0.25) is 0 Å². The highest BCUT2D eigenvalue weighted by Gasteiger charge is 2.27. The van der Waals surface area contributed by atoms with Crippen LogP contribution in [0.3, 0.4) is 0 Å². The van der Waals surface area contributed by atoms with Gasteiger partial charge in [-0.05, 0) is 42.9 Å². The lowest BCUT2D eigenvalue weighted by Gasteiger charge is -2.31. The largest absolute Gasteiger partial charge is 0.497 e. The summed E-state index contributed by atoms with van der Waals surface area (Å²) in [5, 5.41) is 0. The molecule has 34 heavy (non-hydrogen) atoms. The third-order valence-electron chi connectivity index (χ3n) is 6.56. The van der Waals surface area contributed by atoms with Crippen molar-refractivity contribution in [3.8, 4) is 17.1 Å². The smallest absolute Gasteiger partial charge is 0.338 e. The number of hydrogen-bond acceptors (Lipinski definition) is 5. The number of aryl methyl sites for hydroxylation is 1. The average molecular weight is 458 g/mol. The van der Waals surface area contributed by atoms with E-state index in [1.165, 1.54) is 14.7 Å². The second-order valence-electron chi connectivity index (χ2n) is 8.71. The molecule has 2 aromatic heterocycles. The van der Waals surface area contributed by atoms with E-state index in [2.05, 4.69) is 34.2 Å². The summed E-state index contributed by atoms with van der Waals surface area (Å²) in [6.45, 7) is 1.25. The van der Waals surface area contributed by atoms with Crippen LogP contribution >= 0.6 is 0 Å². The molecular weight excluding hydrogens is 430 g/mol. The number of aromatic nitrogens is 4. The molecule has 1 saturated heterocycles. The standard InChI is InChI=1S/C26H27N5O3/c1-29-24-22(17-27-23(28-24)20-9-6-10-21(16-20)34-2)31(25(29)32)26(33)30-13-11-19(12-14-30)15-18-7-4-3-5-8-18/h3-10,16-17,19H,11-15H2,1-2H3. The molecule has 1 aliphatic rings. The molecule has 4 aromatic rings. The van der Waals surface area contributed by atoms with Crippen LogP contribution in [0.4, 0.5) is 4.79 Å². The second kappa shape index (κ2) is 9.13. The molecule has 8 nitrogen and oxygen atoms in total. The van der Waals surface area contributed by atoms with Crippen molar-refractivity contribution in [1.29, 1.82) is 0 Å². The third kappa shape index (κ3) is 4.07. The number of carbonyl (C=O) groups excluding carboxylic acids is 1. The van der Waals surface area contributed by atoms with Gasteiger partial charge >= 0.3 is 11.7 Å². The van der Waals surface area contributed by atoms with Crippen LogP contribution in [-0.2, 0) is 13.5 Å². The lowest BCUT2D eigenvalue weighted by atomic mass is 9.90. The molecule has 0 spiro atoms. The highest BCUT2D eigenvalue weighted by atomic mass is 16.5. The van der Waals surface area contributed by atoms with Crippen molar-refractivity contribution in [3.05, 3.63) is 76.8 Å². The molecule has 0 bridgehead atoms. The molecule has 174 valence electrons. The normalized spacial score (nSPS) is 14.5. The van der Waals surface area contributed by atoms with Gasteiger partial charge in [-0.15, -0.1) is 0 Å². The minimum atomic E-state index is -0.413. The quantitative estimate of drug-likeness (QED) is 0.466. The summed E-state index contributed by atoms with van der Waals surface area (Å²) in [6.07, 6.45) is 4.39. The number of amides is 1. The number of imidazole rings is 1. The fourth-order valence-electron chi connectivity index (χ4n) is 4.62. The zero-order valence-electron chi connectivity index (χ0n) is 19.3. The molecule has 1 aliphatic heterocycles. The van der Waals surface area contributed by atoms with E-state index >= 15 is 0 Å². The highest BCUT2D eigenvalue weighted by Crippen LogP contribution is 2.24. The van der Waals surface area contributed by atoms with Crippen LogP contribution in [0.1, 0.15) is 18.4 Å². The number of carbonyl (C=O) groups is 1. The molecule has 1 fully saturated rings. The van der Waals surface area contributed by atoms with Gasteiger partial charge in [-0.3, -0.25) is 4.57 Å². The maximum Gasteiger partial charge on any atom is 0.338 e. The van der Waals surface area contributed by atoms with Gasteiger partial charge < -0.3 is 9.64 Å². The maximum atomic E-state index is 13.4. The second-order valence-corrected chi connectivity index (χ2v) is 8.71. The van der Waals surface area contributed by atoms with Gasteiger partial charge in [0.15, 0.2) is 11.5 Å². The minimum Gasteiger partial charge on any atom is -0.497 e. The fraction of sp³-hybridized carbons (Fsp3) is 0.308. The van der Waals surface area contributed by atoms with Crippen LogP contribution in [0.5, 0.6) is 5.75 Å². The molecule has 0 saturated carbocycles. The SMILES string of the molecule is COc1cccc(-c2ncc3c(n2)n(C)c(=O)n3C(=O)N2CCC(Cc3ccccc3)CC2)c1. The van der Waals surface area contributed by atoms with Crippen LogP contribution in [-0.4, -0.2) is 50.2 Å². The van der Waals surface area contributed by atoms with Gasteiger partial charge in [0.25, 0.3) is 0 Å². The Morgan fingerprint density at radius 2 is 1.85 bits per heavy atom. The molecule has 0 unspecified atom stereocenters. The van der Waals surface area contributed by atoms with Gasteiger partial charge in [0.1, 0.15) is 11.3 Å². The lowest BCUT2D eigenvalue weighted by molar-refractivity contribution is 0.171. The topological polar surface area (TPSA) is 82.2 Å². The molecular formula is C26H27N5O3. The Balaban J connectivity index is 1.38. The fourth-order valence-corrected chi connectivity index (χ4v) is 4.62. The van der Waals surface area contributed by atoms with Gasteiger partial charge in [-0.1, -0.05) is 42.5 Å². The number of methoxy groups -OCH3 is 1. The Hall–Kier alpha value is -3.94. The van der Waals surface area contributed by atoms with Gasteiger partial charge in [-0.25, -0.2) is 24.1 Å². The number of benzene rings is 2. The van der Waals surface area contributed by atoms with E-state index in [9.17, 15) is 9.59 Å². The Kier molecular flexibility index (Phi) is 5.88. The number of ether oxygens (including phenoxy) is 1. The average Bonchev–Trinajstić information content (AvgIpc) is 3.14. The number of nitrogens with zero attached hydrogens (tertiary/aromatic N) is 5. The molecule has 0 radical (unpaired) electrons. The summed E-state index contributed by atoms with van der Waals surface area (Å²) in [5.41, 5.74) is 2.51. The van der Waals surface area contributed by atoms with Gasteiger partial charge in [0.05, 0.1) is 13.3 Å². The monoisotopic (exact) mass is 457 g/mol. The maximum absolute atomic E-state index is 13.4. The number of likely N-dealkylation sites (tertiary alicyclic amines) is 1. The Morgan fingerprint density at radius 3 is 2.59 bits per heavy atom. The number of fused-ring (bicyclic) bond motifs is 1. The van der Waals surface area contributed by atoms with Gasteiger partial charge in [0.2, 0.25) is 0 Å². The summed E-state index contributed by atoms with van der Waals surface area (Å²) in [7, 11) is 3.23. The van der Waals surface area contributed by atoms with E-state index < -0.39 is 5.69 Å². The van der Waals surface area contributed by atoms with Crippen molar-refractivity contribution in [2.75, 3.05) is 20.2 Å². The lowest BCUT2D eigenvalue weighted by Crippen LogP contribution is -2.44. The first-order valence-electron chi connectivity index (χ1n) is 11.5. The van der Waals surface area contributed by atoms with Crippen molar-refractivity contribution in [2.45, 2.75) is 19.3 Å². The first kappa shape index (κ1) is 21.9. The Morgan fingerprint density at radius 1 is 1.09 bits per heavy atom. The van der Waals surface area contributed by atoms with Crippen molar-refractivity contribution in [3.63, 3.8) is 0 Å². The first-order chi connectivity index (χ1) is 16.5. The summed E-state index contributed by atoms with van der Waals surface area (Å²) in [6, 6.07) is 17.5. The van der Waals surface area contributed by atoms with Gasteiger partial charge in [0, 0.05) is 25.7 Å². The summed E-state index contributed by atoms with van der Waals surface area (Å²) < 4.78 is 7.89. The van der Waals surface area contributed by atoms with Crippen molar-refractivity contribution >= 4 is 17.2 Å². The summed E-state index contributed by atoms with van der Waals surface area (Å²) in [4.78, 5) is 37.2. The molecule has 0 N–H and O–H groups in total.